The molecule has 3 aromatic rings. The van der Waals surface area contributed by atoms with Gasteiger partial charge < -0.3 is 15.3 Å². The minimum Gasteiger partial charge on any atom is -0.506 e. The third kappa shape index (κ3) is 2.51. The van der Waals surface area contributed by atoms with Crippen LogP contribution in [0.5, 0.6) is 5.75 Å². The first kappa shape index (κ1) is 11.9. The van der Waals surface area contributed by atoms with Crippen molar-refractivity contribution in [2.45, 2.75) is 11.0 Å². The second kappa shape index (κ2) is 4.85. The first-order valence-electron chi connectivity index (χ1n) is 5.78. The summed E-state index contributed by atoms with van der Waals surface area (Å²) >= 11 is 1.50. The van der Waals surface area contributed by atoms with Crippen LogP contribution in [-0.4, -0.2) is 10.1 Å². The summed E-state index contributed by atoms with van der Waals surface area (Å²) in [5.74, 6) is 0.799. The quantitative estimate of drug-likeness (QED) is 0.434. The van der Waals surface area contributed by atoms with E-state index in [1.165, 1.54) is 11.8 Å². The number of nitrogen functional groups attached to an aromatic ring is 1. The summed E-state index contributed by atoms with van der Waals surface area (Å²) in [6.07, 6.45) is 0. The Bertz CT molecular complexity index is 691. The fraction of sp³-hybridized carbons (Fsp3) is 0.0714. The van der Waals surface area contributed by atoms with Gasteiger partial charge in [0.05, 0.1) is 5.69 Å². The average Bonchev–Trinajstić information content (AvgIpc) is 2.83. The van der Waals surface area contributed by atoms with Crippen LogP contribution in [0.15, 0.2) is 52.1 Å². The summed E-state index contributed by atoms with van der Waals surface area (Å²) in [5.41, 5.74) is 8.70. The predicted octanol–water partition coefficient (Wildman–Crippen LogP) is 3.41. The molecule has 2 aromatic carbocycles. The lowest BCUT2D eigenvalue weighted by Crippen LogP contribution is -1.88. The van der Waals surface area contributed by atoms with E-state index in [4.69, 9.17) is 10.2 Å². The van der Waals surface area contributed by atoms with Crippen molar-refractivity contribution in [3.8, 4) is 5.75 Å². The topological polar surface area (TPSA) is 72.3 Å². The number of rotatable bonds is 3. The van der Waals surface area contributed by atoms with Gasteiger partial charge in [0.15, 0.2) is 5.58 Å². The summed E-state index contributed by atoms with van der Waals surface area (Å²) in [6.45, 7) is 0. The summed E-state index contributed by atoms with van der Waals surface area (Å²) in [6, 6.07) is 12.8. The van der Waals surface area contributed by atoms with Gasteiger partial charge in [0.1, 0.15) is 11.3 Å². The summed E-state index contributed by atoms with van der Waals surface area (Å²) < 4.78 is 5.61. The molecule has 0 unspecified atom stereocenters. The lowest BCUT2D eigenvalue weighted by Gasteiger charge is -2.02. The Morgan fingerprint density at radius 2 is 2.05 bits per heavy atom. The van der Waals surface area contributed by atoms with Gasteiger partial charge in [0.2, 0.25) is 0 Å². The van der Waals surface area contributed by atoms with Crippen molar-refractivity contribution in [1.82, 2.24) is 4.98 Å². The Labute approximate surface area is 114 Å². The first-order valence-corrected chi connectivity index (χ1v) is 6.77. The standard InChI is InChI=1S/C14H12N2O2S/c15-10-7-9(5-6-12(10)17)8-19-14-16-11-3-1-2-4-13(11)18-14/h1-7,17H,8,15H2. The van der Waals surface area contributed by atoms with E-state index in [1.54, 1.807) is 12.1 Å². The minimum absolute atomic E-state index is 0.107. The van der Waals surface area contributed by atoms with E-state index >= 15 is 0 Å². The summed E-state index contributed by atoms with van der Waals surface area (Å²) in [5, 5.41) is 9.99. The van der Waals surface area contributed by atoms with Crippen LogP contribution in [0.25, 0.3) is 11.1 Å². The number of phenols is 1. The molecule has 1 heterocycles. The highest BCUT2D eigenvalue weighted by Crippen LogP contribution is 2.28. The third-order valence-electron chi connectivity index (χ3n) is 2.73. The number of fused-ring (bicyclic) bond motifs is 1. The molecule has 0 fully saturated rings. The van der Waals surface area contributed by atoms with Gasteiger partial charge >= 0.3 is 0 Å². The highest BCUT2D eigenvalue weighted by Gasteiger charge is 2.06. The van der Waals surface area contributed by atoms with Crippen LogP contribution in [0.2, 0.25) is 0 Å². The summed E-state index contributed by atoms with van der Waals surface area (Å²) in [4.78, 5) is 4.38. The highest BCUT2D eigenvalue weighted by molar-refractivity contribution is 7.98. The van der Waals surface area contributed by atoms with Gasteiger partial charge in [-0.2, -0.15) is 0 Å². The second-order valence-corrected chi connectivity index (χ2v) is 5.06. The maximum absolute atomic E-state index is 9.36. The van der Waals surface area contributed by atoms with E-state index in [1.807, 2.05) is 30.3 Å². The molecule has 0 aliphatic rings. The summed E-state index contributed by atoms with van der Waals surface area (Å²) in [7, 11) is 0. The minimum atomic E-state index is 0.107. The maximum atomic E-state index is 9.36. The van der Waals surface area contributed by atoms with E-state index < -0.39 is 0 Å². The lowest BCUT2D eigenvalue weighted by molar-refractivity contribution is 0.478. The second-order valence-electron chi connectivity index (χ2n) is 4.13. The molecule has 0 aliphatic heterocycles. The molecule has 3 N–H and O–H groups in total. The first-order chi connectivity index (χ1) is 9.22. The molecule has 4 nitrogen and oxygen atoms in total. The monoisotopic (exact) mass is 272 g/mol. The Hall–Kier alpha value is -2.14. The van der Waals surface area contributed by atoms with Crippen LogP contribution in [-0.2, 0) is 5.75 Å². The number of anilines is 1. The van der Waals surface area contributed by atoms with Crippen molar-refractivity contribution < 1.29 is 9.52 Å². The number of oxazole rings is 1. The molecule has 0 atom stereocenters. The molecule has 0 amide bonds. The molecule has 0 spiro atoms. The number of aromatic nitrogens is 1. The molecule has 3 rings (SSSR count). The van der Waals surface area contributed by atoms with Crippen LogP contribution in [0.4, 0.5) is 5.69 Å². The molecule has 0 saturated heterocycles. The van der Waals surface area contributed by atoms with Crippen molar-refractivity contribution >= 4 is 28.5 Å². The van der Waals surface area contributed by atoms with Gasteiger partial charge in [-0.15, -0.1) is 0 Å². The van der Waals surface area contributed by atoms with Gasteiger partial charge in [-0.25, -0.2) is 4.98 Å². The zero-order valence-electron chi connectivity index (χ0n) is 10.0. The molecule has 5 heteroatoms. The van der Waals surface area contributed by atoms with E-state index in [2.05, 4.69) is 4.98 Å². The molecular weight excluding hydrogens is 260 g/mol. The molecule has 1 aromatic heterocycles. The van der Waals surface area contributed by atoms with Crippen molar-refractivity contribution in [1.29, 1.82) is 0 Å². The van der Waals surface area contributed by atoms with E-state index in [0.717, 1.165) is 16.7 Å². The number of benzene rings is 2. The molecular formula is C14H12N2O2S. The van der Waals surface area contributed by atoms with E-state index in [-0.39, 0.29) is 5.75 Å². The SMILES string of the molecule is Nc1cc(CSc2nc3ccccc3o2)ccc1O. The number of para-hydroxylation sites is 2. The number of hydrogen-bond donors (Lipinski definition) is 2. The van der Waals surface area contributed by atoms with E-state index in [9.17, 15) is 5.11 Å². The van der Waals surface area contributed by atoms with Crippen LogP contribution in [0, 0.1) is 0 Å². The highest BCUT2D eigenvalue weighted by atomic mass is 32.2. The number of phenolic OH excluding ortho intramolecular Hbond substituents is 1. The fourth-order valence-corrected chi connectivity index (χ4v) is 2.53. The Morgan fingerprint density at radius 3 is 2.84 bits per heavy atom. The molecule has 0 aliphatic carbocycles. The molecule has 0 radical (unpaired) electrons. The largest absolute Gasteiger partial charge is 0.506 e. The number of thioether (sulfide) groups is 1. The van der Waals surface area contributed by atoms with Crippen molar-refractivity contribution in [3.63, 3.8) is 0 Å². The molecule has 19 heavy (non-hydrogen) atoms. The van der Waals surface area contributed by atoms with Gasteiger partial charge in [0, 0.05) is 5.75 Å². The third-order valence-corrected chi connectivity index (χ3v) is 3.63. The van der Waals surface area contributed by atoms with Crippen LogP contribution >= 0.6 is 11.8 Å². The molecule has 0 saturated carbocycles. The molecule has 96 valence electrons. The zero-order chi connectivity index (χ0) is 13.2. The number of nitrogens with two attached hydrogens (primary N) is 1. The number of nitrogens with zero attached hydrogens (tertiary/aromatic N) is 1. The van der Waals surface area contributed by atoms with Crippen molar-refractivity contribution in [3.05, 3.63) is 48.0 Å². The van der Waals surface area contributed by atoms with Crippen LogP contribution in [0.1, 0.15) is 5.56 Å². The van der Waals surface area contributed by atoms with Crippen LogP contribution < -0.4 is 5.73 Å². The van der Waals surface area contributed by atoms with Crippen molar-refractivity contribution in [2.24, 2.45) is 0 Å². The molecule has 0 bridgehead atoms. The zero-order valence-corrected chi connectivity index (χ0v) is 10.9. The smallest absolute Gasteiger partial charge is 0.257 e. The lowest BCUT2D eigenvalue weighted by atomic mass is 10.2. The normalized spacial score (nSPS) is 10.9. The Balaban J connectivity index is 1.76. The Morgan fingerprint density at radius 1 is 1.21 bits per heavy atom. The van der Waals surface area contributed by atoms with Gasteiger partial charge in [-0.05, 0) is 29.8 Å². The Kier molecular flexibility index (Phi) is 3.05. The van der Waals surface area contributed by atoms with Gasteiger partial charge in [0.25, 0.3) is 5.22 Å². The van der Waals surface area contributed by atoms with E-state index in [0.29, 0.717) is 16.7 Å². The van der Waals surface area contributed by atoms with Crippen LogP contribution in [0.3, 0.4) is 0 Å². The fourth-order valence-electron chi connectivity index (χ4n) is 1.75. The van der Waals surface area contributed by atoms with Gasteiger partial charge in [-0.1, -0.05) is 30.0 Å². The predicted molar refractivity (Wildman–Crippen MR) is 76.1 cm³/mol. The number of hydrogen-bond acceptors (Lipinski definition) is 5. The number of aromatic hydroxyl groups is 1. The average molecular weight is 272 g/mol. The van der Waals surface area contributed by atoms with Gasteiger partial charge in [-0.3, -0.25) is 0 Å². The maximum Gasteiger partial charge on any atom is 0.257 e. The van der Waals surface area contributed by atoms with Crippen molar-refractivity contribution in [2.75, 3.05) is 5.73 Å².